The van der Waals surface area contributed by atoms with Crippen molar-refractivity contribution in [3.8, 4) is 0 Å². The Labute approximate surface area is 114 Å². The molecule has 2 rings (SSSR count). The predicted octanol–water partition coefficient (Wildman–Crippen LogP) is 1.71. The monoisotopic (exact) mass is 272 g/mol. The van der Waals surface area contributed by atoms with E-state index in [1.807, 2.05) is 0 Å². The van der Waals surface area contributed by atoms with E-state index in [1.54, 1.807) is 30.4 Å². The molecular weight excluding hydrogens is 260 g/mol. The van der Waals surface area contributed by atoms with Crippen LogP contribution in [0.5, 0.6) is 0 Å². The first-order valence-electron chi connectivity index (χ1n) is 5.84. The summed E-state index contributed by atoms with van der Waals surface area (Å²) in [4.78, 5) is 22.0. The minimum Gasteiger partial charge on any atom is -0.478 e. The number of benzene rings is 1. The van der Waals surface area contributed by atoms with E-state index in [2.05, 4.69) is 0 Å². The topological polar surface area (TPSA) is 94.8 Å². The van der Waals surface area contributed by atoms with Crippen LogP contribution in [-0.4, -0.2) is 33.4 Å². The van der Waals surface area contributed by atoms with Gasteiger partial charge in [0.1, 0.15) is 6.10 Å². The van der Waals surface area contributed by atoms with Gasteiger partial charge < -0.3 is 15.3 Å². The number of carboxylic acid groups (broad SMARTS) is 2. The molecule has 0 bridgehead atoms. The standard InChI is InChI=1S/C15H12O5/c16-13-6-5-9(8-12(13)15(19)20)7-10-3-1-2-4-11(10)14(17)18/h1-8,13,16H,(H,17,18)(H,19,20)/b9-7+. The first-order valence-corrected chi connectivity index (χ1v) is 5.84. The fourth-order valence-corrected chi connectivity index (χ4v) is 1.89. The minimum absolute atomic E-state index is 0.129. The molecule has 0 spiro atoms. The molecule has 0 amide bonds. The van der Waals surface area contributed by atoms with Crippen molar-refractivity contribution in [3.63, 3.8) is 0 Å². The number of aliphatic hydroxyl groups is 1. The summed E-state index contributed by atoms with van der Waals surface area (Å²) < 4.78 is 0. The molecule has 1 aromatic rings. The van der Waals surface area contributed by atoms with E-state index in [1.165, 1.54) is 18.2 Å². The molecular formula is C15H12O5. The highest BCUT2D eigenvalue weighted by Crippen LogP contribution is 2.21. The molecule has 102 valence electrons. The SMILES string of the molecule is O=C(O)C1=C/C(=C/c2ccccc2C(=O)O)C=CC1O. The zero-order valence-corrected chi connectivity index (χ0v) is 10.4. The number of hydrogen-bond acceptors (Lipinski definition) is 3. The molecule has 0 aliphatic heterocycles. The quantitative estimate of drug-likeness (QED) is 0.778. The molecule has 0 aromatic heterocycles. The Morgan fingerprint density at radius 3 is 2.45 bits per heavy atom. The molecule has 1 unspecified atom stereocenters. The fraction of sp³-hybridized carbons (Fsp3) is 0.0667. The fourth-order valence-electron chi connectivity index (χ4n) is 1.89. The van der Waals surface area contributed by atoms with Crippen molar-refractivity contribution in [1.82, 2.24) is 0 Å². The van der Waals surface area contributed by atoms with Crippen LogP contribution in [0.3, 0.4) is 0 Å². The van der Waals surface area contributed by atoms with E-state index in [0.29, 0.717) is 11.1 Å². The molecule has 20 heavy (non-hydrogen) atoms. The smallest absolute Gasteiger partial charge is 0.336 e. The van der Waals surface area contributed by atoms with Crippen LogP contribution in [0.1, 0.15) is 15.9 Å². The van der Waals surface area contributed by atoms with Crippen LogP contribution in [0.25, 0.3) is 6.08 Å². The zero-order chi connectivity index (χ0) is 14.7. The van der Waals surface area contributed by atoms with E-state index in [0.717, 1.165) is 0 Å². The highest BCUT2D eigenvalue weighted by Gasteiger charge is 2.19. The third-order valence-electron chi connectivity index (χ3n) is 2.87. The molecule has 1 aliphatic carbocycles. The Balaban J connectivity index is 2.44. The maximum atomic E-state index is 11.1. The third kappa shape index (κ3) is 2.84. The number of carboxylic acids is 2. The average Bonchev–Trinajstić information content (AvgIpc) is 2.41. The lowest BCUT2D eigenvalue weighted by Gasteiger charge is -2.12. The number of carbonyl (C=O) groups is 2. The maximum Gasteiger partial charge on any atom is 0.336 e. The van der Waals surface area contributed by atoms with Gasteiger partial charge in [-0.15, -0.1) is 0 Å². The van der Waals surface area contributed by atoms with Crippen LogP contribution in [0.4, 0.5) is 0 Å². The van der Waals surface area contributed by atoms with Gasteiger partial charge in [0.15, 0.2) is 0 Å². The molecule has 1 aliphatic rings. The number of allylic oxidation sites excluding steroid dienone is 3. The van der Waals surface area contributed by atoms with E-state index >= 15 is 0 Å². The lowest BCUT2D eigenvalue weighted by Crippen LogP contribution is -2.17. The second-order valence-corrected chi connectivity index (χ2v) is 4.25. The molecule has 1 aromatic carbocycles. The predicted molar refractivity (Wildman–Crippen MR) is 72.2 cm³/mol. The van der Waals surface area contributed by atoms with Crippen molar-refractivity contribution >= 4 is 18.0 Å². The summed E-state index contributed by atoms with van der Waals surface area (Å²) in [6.45, 7) is 0. The number of aliphatic hydroxyl groups excluding tert-OH is 1. The van der Waals surface area contributed by atoms with Gasteiger partial charge >= 0.3 is 11.9 Å². The van der Waals surface area contributed by atoms with Gasteiger partial charge in [0.2, 0.25) is 0 Å². The van der Waals surface area contributed by atoms with Gasteiger partial charge in [0.25, 0.3) is 0 Å². The largest absolute Gasteiger partial charge is 0.478 e. The Bertz CT molecular complexity index is 652. The van der Waals surface area contributed by atoms with Crippen LogP contribution in [0.2, 0.25) is 0 Å². The van der Waals surface area contributed by atoms with Gasteiger partial charge in [0, 0.05) is 0 Å². The molecule has 5 heteroatoms. The van der Waals surface area contributed by atoms with Crippen molar-refractivity contribution in [2.75, 3.05) is 0 Å². The second-order valence-electron chi connectivity index (χ2n) is 4.25. The average molecular weight is 272 g/mol. The number of rotatable bonds is 3. The number of hydrogen-bond donors (Lipinski definition) is 3. The summed E-state index contributed by atoms with van der Waals surface area (Å²) in [6, 6.07) is 6.41. The summed E-state index contributed by atoms with van der Waals surface area (Å²) in [5, 5.41) is 27.5. The second kappa shape index (κ2) is 5.54. The molecule has 1 atom stereocenters. The zero-order valence-electron chi connectivity index (χ0n) is 10.4. The Hall–Kier alpha value is -2.66. The molecule has 0 saturated carbocycles. The highest BCUT2D eigenvalue weighted by atomic mass is 16.4. The van der Waals surface area contributed by atoms with Crippen LogP contribution in [-0.2, 0) is 4.79 Å². The van der Waals surface area contributed by atoms with Crippen LogP contribution in [0.15, 0.2) is 53.6 Å². The molecule has 0 fully saturated rings. The lowest BCUT2D eigenvalue weighted by atomic mass is 9.96. The van der Waals surface area contributed by atoms with Crippen LogP contribution < -0.4 is 0 Å². The molecule has 5 nitrogen and oxygen atoms in total. The first kappa shape index (κ1) is 13.8. The number of aromatic carboxylic acids is 1. The summed E-state index contributed by atoms with van der Waals surface area (Å²) in [5.74, 6) is -2.26. The van der Waals surface area contributed by atoms with Gasteiger partial charge in [-0.3, -0.25) is 0 Å². The third-order valence-corrected chi connectivity index (χ3v) is 2.87. The summed E-state index contributed by atoms with van der Waals surface area (Å²) in [5.41, 5.74) is 0.967. The van der Waals surface area contributed by atoms with E-state index < -0.39 is 18.0 Å². The van der Waals surface area contributed by atoms with Crippen molar-refractivity contribution < 1.29 is 24.9 Å². The number of aliphatic carboxylic acids is 1. The van der Waals surface area contributed by atoms with Gasteiger partial charge in [-0.1, -0.05) is 30.4 Å². The Morgan fingerprint density at radius 1 is 1.10 bits per heavy atom. The van der Waals surface area contributed by atoms with Gasteiger partial charge in [-0.25, -0.2) is 9.59 Å². The highest BCUT2D eigenvalue weighted by molar-refractivity contribution is 5.93. The van der Waals surface area contributed by atoms with Crippen LogP contribution in [0, 0.1) is 0 Å². The Morgan fingerprint density at radius 2 is 1.80 bits per heavy atom. The van der Waals surface area contributed by atoms with E-state index in [4.69, 9.17) is 10.2 Å². The van der Waals surface area contributed by atoms with Crippen molar-refractivity contribution in [1.29, 1.82) is 0 Å². The summed E-state index contributed by atoms with van der Waals surface area (Å²) in [6.07, 6.45) is 4.63. The first-order chi connectivity index (χ1) is 9.49. The lowest BCUT2D eigenvalue weighted by molar-refractivity contribution is -0.133. The van der Waals surface area contributed by atoms with Crippen LogP contribution >= 0.6 is 0 Å². The molecule has 3 N–H and O–H groups in total. The molecule has 0 heterocycles. The molecule has 0 radical (unpaired) electrons. The van der Waals surface area contributed by atoms with Gasteiger partial charge in [0.05, 0.1) is 11.1 Å². The van der Waals surface area contributed by atoms with Crippen molar-refractivity contribution in [2.45, 2.75) is 6.10 Å². The van der Waals surface area contributed by atoms with Crippen molar-refractivity contribution in [2.24, 2.45) is 0 Å². The Kier molecular flexibility index (Phi) is 3.81. The van der Waals surface area contributed by atoms with Gasteiger partial charge in [-0.2, -0.15) is 0 Å². The van der Waals surface area contributed by atoms with Crippen molar-refractivity contribution in [3.05, 3.63) is 64.8 Å². The minimum atomic E-state index is -1.21. The maximum absolute atomic E-state index is 11.1. The summed E-state index contributed by atoms with van der Waals surface area (Å²) >= 11 is 0. The van der Waals surface area contributed by atoms with Gasteiger partial charge in [-0.05, 0) is 29.4 Å². The van der Waals surface area contributed by atoms with E-state index in [9.17, 15) is 14.7 Å². The normalized spacial score (nSPS) is 19.8. The summed E-state index contributed by atoms with van der Waals surface area (Å²) in [7, 11) is 0. The molecule has 0 saturated heterocycles. The van der Waals surface area contributed by atoms with E-state index in [-0.39, 0.29) is 11.1 Å².